The molecule has 0 radical (unpaired) electrons. The standard InChI is InChI=1S/C46H41N3/c1-30-27-40-41(46(4,5)26-25-45(40,2)3)29-39(30)44-48-42(47-43(49-44)38-18-12-11-17-37(38)33-14-7-6-8-15-33)34-22-19-32(20-23-34)36-24-21-31-13-9-10-16-35(31)28-36/h6-24,27-29H,25-26H2,1-5H3. The molecule has 240 valence electrons. The van der Waals surface area contributed by atoms with Crippen molar-refractivity contribution in [1.82, 2.24) is 15.0 Å². The molecule has 1 aromatic heterocycles. The summed E-state index contributed by atoms with van der Waals surface area (Å²) in [6, 6.07) is 47.5. The highest BCUT2D eigenvalue weighted by molar-refractivity contribution is 5.87. The average Bonchev–Trinajstić information content (AvgIpc) is 3.13. The number of rotatable bonds is 5. The molecule has 8 rings (SSSR count). The van der Waals surface area contributed by atoms with E-state index >= 15 is 0 Å². The normalized spacial score (nSPS) is 14.8. The topological polar surface area (TPSA) is 38.7 Å². The van der Waals surface area contributed by atoms with Crippen molar-refractivity contribution in [3.63, 3.8) is 0 Å². The van der Waals surface area contributed by atoms with Crippen LogP contribution in [-0.4, -0.2) is 15.0 Å². The molecule has 7 aromatic rings. The van der Waals surface area contributed by atoms with E-state index in [9.17, 15) is 0 Å². The van der Waals surface area contributed by atoms with Gasteiger partial charge in [-0.25, -0.2) is 15.0 Å². The fourth-order valence-corrected chi connectivity index (χ4v) is 7.44. The zero-order chi connectivity index (χ0) is 33.8. The Balaban J connectivity index is 1.29. The number of hydrogen-bond acceptors (Lipinski definition) is 3. The van der Waals surface area contributed by atoms with E-state index in [0.717, 1.165) is 39.8 Å². The third kappa shape index (κ3) is 5.74. The number of nitrogens with zero attached hydrogens (tertiary/aromatic N) is 3. The molecule has 0 saturated carbocycles. The van der Waals surface area contributed by atoms with Crippen molar-refractivity contribution in [2.24, 2.45) is 0 Å². The summed E-state index contributed by atoms with van der Waals surface area (Å²) in [5.41, 5.74) is 11.8. The Bertz CT molecular complexity index is 2330. The van der Waals surface area contributed by atoms with Crippen LogP contribution in [0.3, 0.4) is 0 Å². The Morgan fingerprint density at radius 1 is 0.408 bits per heavy atom. The summed E-state index contributed by atoms with van der Waals surface area (Å²) in [6.45, 7) is 11.7. The van der Waals surface area contributed by atoms with E-state index in [4.69, 9.17) is 15.0 Å². The second kappa shape index (κ2) is 11.9. The van der Waals surface area contributed by atoms with Crippen molar-refractivity contribution in [3.8, 4) is 56.4 Å². The Kier molecular flexibility index (Phi) is 7.52. The van der Waals surface area contributed by atoms with Gasteiger partial charge in [0.05, 0.1) is 0 Å². The Hall–Kier alpha value is -5.41. The van der Waals surface area contributed by atoms with Gasteiger partial charge in [0.2, 0.25) is 0 Å². The minimum absolute atomic E-state index is 0.0739. The smallest absolute Gasteiger partial charge is 0.164 e. The Morgan fingerprint density at radius 2 is 0.939 bits per heavy atom. The number of benzene rings is 6. The van der Waals surface area contributed by atoms with Gasteiger partial charge in [-0.1, -0.05) is 149 Å². The minimum atomic E-state index is 0.0739. The van der Waals surface area contributed by atoms with E-state index in [1.54, 1.807) is 0 Å². The lowest BCUT2D eigenvalue weighted by atomic mass is 9.62. The van der Waals surface area contributed by atoms with Gasteiger partial charge >= 0.3 is 0 Å². The van der Waals surface area contributed by atoms with E-state index in [2.05, 4.69) is 168 Å². The average molecular weight is 636 g/mol. The molecule has 3 heteroatoms. The Labute approximate surface area is 289 Å². The monoisotopic (exact) mass is 635 g/mol. The maximum absolute atomic E-state index is 5.25. The molecule has 49 heavy (non-hydrogen) atoms. The summed E-state index contributed by atoms with van der Waals surface area (Å²) in [6.07, 6.45) is 2.33. The number of hydrogen-bond donors (Lipinski definition) is 0. The van der Waals surface area contributed by atoms with Crippen LogP contribution in [-0.2, 0) is 10.8 Å². The van der Waals surface area contributed by atoms with Gasteiger partial charge in [0.15, 0.2) is 17.5 Å². The van der Waals surface area contributed by atoms with Crippen LogP contribution in [0.5, 0.6) is 0 Å². The lowest BCUT2D eigenvalue weighted by Crippen LogP contribution is -2.34. The van der Waals surface area contributed by atoms with Crippen LogP contribution >= 0.6 is 0 Å². The SMILES string of the molecule is Cc1cc2c(cc1-c1nc(-c3ccc(-c4ccc5ccccc5c4)cc3)nc(-c3ccccc3-c3ccccc3)n1)C(C)(C)CCC2(C)C. The molecule has 0 atom stereocenters. The fourth-order valence-electron chi connectivity index (χ4n) is 7.44. The molecule has 0 aliphatic heterocycles. The highest BCUT2D eigenvalue weighted by Gasteiger charge is 2.37. The predicted octanol–water partition coefficient (Wildman–Crippen LogP) is 12.0. The molecule has 6 aromatic carbocycles. The first-order valence-electron chi connectivity index (χ1n) is 17.3. The van der Waals surface area contributed by atoms with E-state index in [1.807, 2.05) is 0 Å². The molecular weight excluding hydrogens is 595 g/mol. The second-order valence-corrected chi connectivity index (χ2v) is 14.8. The van der Waals surface area contributed by atoms with Crippen molar-refractivity contribution >= 4 is 10.8 Å². The summed E-state index contributed by atoms with van der Waals surface area (Å²) >= 11 is 0. The molecule has 3 nitrogen and oxygen atoms in total. The second-order valence-electron chi connectivity index (χ2n) is 14.8. The van der Waals surface area contributed by atoms with Crippen LogP contribution in [0.2, 0.25) is 0 Å². The summed E-state index contributed by atoms with van der Waals surface area (Å²) < 4.78 is 0. The zero-order valence-corrected chi connectivity index (χ0v) is 29.0. The minimum Gasteiger partial charge on any atom is -0.208 e. The molecule has 1 aliphatic rings. The molecule has 0 amide bonds. The van der Waals surface area contributed by atoms with Crippen molar-refractivity contribution < 1.29 is 0 Å². The predicted molar refractivity (Wildman–Crippen MR) is 205 cm³/mol. The largest absolute Gasteiger partial charge is 0.208 e. The third-order valence-corrected chi connectivity index (χ3v) is 10.6. The third-order valence-electron chi connectivity index (χ3n) is 10.6. The first kappa shape index (κ1) is 30.9. The van der Waals surface area contributed by atoms with Gasteiger partial charge in [-0.05, 0) is 92.4 Å². The van der Waals surface area contributed by atoms with E-state index < -0.39 is 0 Å². The van der Waals surface area contributed by atoms with E-state index in [0.29, 0.717) is 17.5 Å². The number of aryl methyl sites for hydroxylation is 1. The fraction of sp³-hybridized carbons (Fsp3) is 0.196. The van der Waals surface area contributed by atoms with Crippen LogP contribution in [0.25, 0.3) is 67.2 Å². The van der Waals surface area contributed by atoms with Gasteiger partial charge in [-0.15, -0.1) is 0 Å². The molecule has 0 saturated heterocycles. The number of fused-ring (bicyclic) bond motifs is 2. The quantitative estimate of drug-likeness (QED) is 0.189. The molecule has 0 spiro atoms. The van der Waals surface area contributed by atoms with Crippen molar-refractivity contribution in [2.75, 3.05) is 0 Å². The summed E-state index contributed by atoms with van der Waals surface area (Å²) in [7, 11) is 0. The molecule has 1 aliphatic carbocycles. The molecule has 0 fully saturated rings. The lowest BCUT2D eigenvalue weighted by Gasteiger charge is -2.42. The van der Waals surface area contributed by atoms with Gasteiger partial charge in [0.25, 0.3) is 0 Å². The van der Waals surface area contributed by atoms with Crippen molar-refractivity contribution in [1.29, 1.82) is 0 Å². The van der Waals surface area contributed by atoms with Gasteiger partial charge < -0.3 is 0 Å². The summed E-state index contributed by atoms with van der Waals surface area (Å²) in [4.78, 5) is 15.6. The van der Waals surface area contributed by atoms with Gasteiger partial charge in [0.1, 0.15) is 0 Å². The first-order chi connectivity index (χ1) is 23.7. The van der Waals surface area contributed by atoms with Crippen LogP contribution in [0.15, 0.2) is 133 Å². The summed E-state index contributed by atoms with van der Waals surface area (Å²) in [5.74, 6) is 2.06. The Morgan fingerprint density at radius 3 is 1.65 bits per heavy atom. The van der Waals surface area contributed by atoms with Crippen LogP contribution in [0.1, 0.15) is 57.2 Å². The zero-order valence-electron chi connectivity index (χ0n) is 29.0. The molecule has 1 heterocycles. The maximum Gasteiger partial charge on any atom is 0.164 e. The van der Waals surface area contributed by atoms with E-state index in [1.165, 1.54) is 39.4 Å². The molecule has 0 unspecified atom stereocenters. The van der Waals surface area contributed by atoms with Crippen LogP contribution in [0.4, 0.5) is 0 Å². The van der Waals surface area contributed by atoms with Gasteiger partial charge in [-0.3, -0.25) is 0 Å². The highest BCUT2D eigenvalue weighted by atomic mass is 15.0. The summed E-state index contributed by atoms with van der Waals surface area (Å²) in [5, 5.41) is 2.48. The number of aromatic nitrogens is 3. The maximum atomic E-state index is 5.25. The van der Waals surface area contributed by atoms with Crippen molar-refractivity contribution in [3.05, 3.63) is 150 Å². The first-order valence-corrected chi connectivity index (χ1v) is 17.3. The molecule has 0 bridgehead atoms. The van der Waals surface area contributed by atoms with E-state index in [-0.39, 0.29) is 10.8 Å². The van der Waals surface area contributed by atoms with Crippen molar-refractivity contribution in [2.45, 2.75) is 58.3 Å². The van der Waals surface area contributed by atoms with Gasteiger partial charge in [-0.2, -0.15) is 0 Å². The van der Waals surface area contributed by atoms with Gasteiger partial charge in [0, 0.05) is 16.7 Å². The molecule has 0 N–H and O–H groups in total. The highest BCUT2D eigenvalue weighted by Crippen LogP contribution is 2.47. The van der Waals surface area contributed by atoms with Crippen LogP contribution < -0.4 is 0 Å². The lowest BCUT2D eigenvalue weighted by molar-refractivity contribution is 0.332. The van der Waals surface area contributed by atoms with Crippen LogP contribution in [0, 0.1) is 6.92 Å². The molecular formula is C46H41N3.